The van der Waals surface area contributed by atoms with Gasteiger partial charge in [-0.1, -0.05) is 0 Å². The summed E-state index contributed by atoms with van der Waals surface area (Å²) in [7, 11) is 0. The Hall–Kier alpha value is -2.48. The predicted molar refractivity (Wildman–Crippen MR) is 71.0 cm³/mol. The van der Waals surface area contributed by atoms with E-state index in [1.807, 2.05) is 0 Å². The van der Waals surface area contributed by atoms with E-state index in [9.17, 15) is 24.8 Å². The lowest BCUT2D eigenvalue weighted by Gasteiger charge is -2.16. The number of nitro benzene ring substituents is 1. The van der Waals surface area contributed by atoms with Crippen LogP contribution in [0, 0.1) is 16.0 Å². The molecule has 0 unspecified atom stereocenters. The Kier molecular flexibility index (Phi) is 6.28. The number of hydrogen-bond donors (Lipinski definition) is 2. The van der Waals surface area contributed by atoms with Crippen molar-refractivity contribution in [2.45, 2.75) is 12.8 Å². The molecule has 1 heterocycles. The van der Waals surface area contributed by atoms with Gasteiger partial charge in [-0.05, 0) is 17.7 Å². The number of nitro groups is 1. The number of nitrogens with two attached hydrogens (primary N) is 2. The van der Waals surface area contributed by atoms with Gasteiger partial charge in [-0.15, -0.1) is 0 Å². The number of amides is 1. The third kappa shape index (κ3) is 5.57. The average molecular weight is 295 g/mol. The molecule has 0 aliphatic carbocycles. The molecule has 1 amide bonds. The van der Waals surface area contributed by atoms with Crippen LogP contribution in [-0.2, 0) is 4.79 Å². The van der Waals surface area contributed by atoms with E-state index in [-0.39, 0.29) is 23.1 Å². The monoisotopic (exact) mass is 295 g/mol. The zero-order chi connectivity index (χ0) is 15.8. The third-order valence-electron chi connectivity index (χ3n) is 3.15. The average Bonchev–Trinajstić information content (AvgIpc) is 2.49. The van der Waals surface area contributed by atoms with Gasteiger partial charge in [-0.2, -0.15) is 0 Å². The van der Waals surface area contributed by atoms with E-state index >= 15 is 0 Å². The summed E-state index contributed by atoms with van der Waals surface area (Å²) in [6, 6.07) is 4.50. The second-order valence-electron chi connectivity index (χ2n) is 4.63. The lowest BCUT2D eigenvalue weighted by molar-refractivity contribution is -0.663. The molecule has 0 bridgehead atoms. The van der Waals surface area contributed by atoms with E-state index in [4.69, 9.17) is 5.73 Å². The van der Waals surface area contributed by atoms with Crippen molar-refractivity contribution in [3.8, 4) is 0 Å². The van der Waals surface area contributed by atoms with Crippen molar-refractivity contribution in [1.29, 1.82) is 0 Å². The molecule has 2 rings (SSSR count). The molecule has 0 saturated carbocycles. The van der Waals surface area contributed by atoms with E-state index in [2.05, 4.69) is 5.32 Å². The quantitative estimate of drug-likeness (QED) is 0.510. The molecule has 4 N–H and O–H groups in total. The van der Waals surface area contributed by atoms with Crippen LogP contribution in [0.4, 0.5) is 5.69 Å². The van der Waals surface area contributed by atoms with Crippen molar-refractivity contribution in [2.24, 2.45) is 11.7 Å². The number of carbonyl (C=O) groups is 2. The smallest absolute Gasteiger partial charge is 0.269 e. The van der Waals surface area contributed by atoms with Gasteiger partial charge in [0.1, 0.15) is 0 Å². The van der Waals surface area contributed by atoms with Crippen molar-refractivity contribution in [2.75, 3.05) is 13.1 Å². The molecular weight excluding hydrogens is 278 g/mol. The fraction of sp³-hybridized carbons (Fsp3) is 0.385. The first-order chi connectivity index (χ1) is 9.91. The SMILES string of the molecule is NC(=O)C1CC[NH2+]CC1.O=C([O-])c1ccc([N+](=O)[O-])cc1. The van der Waals surface area contributed by atoms with Gasteiger partial charge >= 0.3 is 0 Å². The molecular formula is C13H17N3O5. The molecule has 21 heavy (non-hydrogen) atoms. The highest BCUT2D eigenvalue weighted by atomic mass is 16.6. The molecule has 0 aromatic heterocycles. The lowest BCUT2D eigenvalue weighted by Crippen LogP contribution is -2.86. The van der Waals surface area contributed by atoms with Crippen molar-refractivity contribution >= 4 is 17.6 Å². The first kappa shape index (κ1) is 16.6. The summed E-state index contributed by atoms with van der Waals surface area (Å²) in [5.41, 5.74) is 4.91. The number of benzene rings is 1. The van der Waals surface area contributed by atoms with Crippen LogP contribution < -0.4 is 16.2 Å². The number of non-ortho nitro benzene ring substituents is 1. The van der Waals surface area contributed by atoms with Gasteiger partial charge < -0.3 is 21.0 Å². The van der Waals surface area contributed by atoms with Crippen LogP contribution in [0.2, 0.25) is 0 Å². The van der Waals surface area contributed by atoms with Gasteiger partial charge in [0, 0.05) is 30.9 Å². The standard InChI is InChI=1S/C7H5NO4.C6H12N2O/c9-7(10)5-1-3-6(4-2-5)8(11)12;7-6(9)5-1-3-8-4-2-5/h1-4H,(H,9,10);5,8H,1-4H2,(H2,7,9). The van der Waals surface area contributed by atoms with Crippen LogP contribution in [0.3, 0.4) is 0 Å². The number of nitrogens with zero attached hydrogens (tertiary/aromatic N) is 1. The van der Waals surface area contributed by atoms with Crippen molar-refractivity contribution in [1.82, 2.24) is 0 Å². The number of aromatic carboxylic acids is 1. The Morgan fingerprint density at radius 2 is 1.71 bits per heavy atom. The number of carboxylic acid groups (broad SMARTS) is 1. The second-order valence-corrected chi connectivity index (χ2v) is 4.63. The minimum Gasteiger partial charge on any atom is -0.545 e. The largest absolute Gasteiger partial charge is 0.545 e. The van der Waals surface area contributed by atoms with Crippen LogP contribution in [0.1, 0.15) is 23.2 Å². The first-order valence-electron chi connectivity index (χ1n) is 6.48. The Morgan fingerprint density at radius 3 is 2.05 bits per heavy atom. The Balaban J connectivity index is 0.000000219. The van der Waals surface area contributed by atoms with Gasteiger partial charge in [-0.25, -0.2) is 0 Å². The second kappa shape index (κ2) is 7.95. The van der Waals surface area contributed by atoms with Gasteiger partial charge in [0.25, 0.3) is 5.69 Å². The van der Waals surface area contributed by atoms with Crippen LogP contribution >= 0.6 is 0 Å². The minimum atomic E-state index is -1.34. The highest BCUT2D eigenvalue weighted by molar-refractivity contribution is 5.85. The van der Waals surface area contributed by atoms with E-state index in [1.165, 1.54) is 0 Å². The number of primary amides is 1. The summed E-state index contributed by atoms with van der Waals surface area (Å²) in [5, 5.41) is 22.5. The molecule has 8 nitrogen and oxygen atoms in total. The van der Waals surface area contributed by atoms with Crippen molar-refractivity contribution in [3.63, 3.8) is 0 Å². The third-order valence-corrected chi connectivity index (χ3v) is 3.15. The van der Waals surface area contributed by atoms with E-state index in [0.717, 1.165) is 50.2 Å². The first-order valence-corrected chi connectivity index (χ1v) is 6.48. The Bertz CT molecular complexity index is 476. The number of rotatable bonds is 3. The maximum Gasteiger partial charge on any atom is 0.269 e. The molecule has 0 radical (unpaired) electrons. The summed E-state index contributed by atoms with van der Waals surface area (Å²) in [4.78, 5) is 30.3. The highest BCUT2D eigenvalue weighted by Gasteiger charge is 2.19. The van der Waals surface area contributed by atoms with Crippen LogP contribution in [0.5, 0.6) is 0 Å². The molecule has 0 spiro atoms. The van der Waals surface area contributed by atoms with Crippen molar-refractivity contribution < 1.29 is 24.9 Å². The fourth-order valence-electron chi connectivity index (χ4n) is 1.93. The Labute approximate surface area is 121 Å². The summed E-state index contributed by atoms with van der Waals surface area (Å²) >= 11 is 0. The lowest BCUT2D eigenvalue weighted by atomic mass is 9.98. The van der Waals surface area contributed by atoms with Crippen LogP contribution in [-0.4, -0.2) is 29.9 Å². The molecule has 1 aromatic rings. The number of carbonyl (C=O) groups excluding carboxylic acids is 2. The topological polar surface area (TPSA) is 143 Å². The summed E-state index contributed by atoms with van der Waals surface area (Å²) in [6.45, 7) is 2.13. The molecule has 1 fully saturated rings. The number of piperidine rings is 1. The van der Waals surface area contributed by atoms with Gasteiger partial charge in [0.05, 0.1) is 24.0 Å². The zero-order valence-electron chi connectivity index (χ0n) is 11.4. The molecule has 114 valence electrons. The van der Waals surface area contributed by atoms with Gasteiger partial charge in [-0.3, -0.25) is 14.9 Å². The predicted octanol–water partition coefficient (Wildman–Crippen LogP) is -1.60. The summed E-state index contributed by atoms with van der Waals surface area (Å²) < 4.78 is 0. The highest BCUT2D eigenvalue weighted by Crippen LogP contribution is 2.10. The normalized spacial score (nSPS) is 14.7. The molecule has 1 saturated heterocycles. The van der Waals surface area contributed by atoms with Crippen LogP contribution in [0.15, 0.2) is 24.3 Å². The van der Waals surface area contributed by atoms with E-state index in [1.54, 1.807) is 0 Å². The minimum absolute atomic E-state index is 0.0689. The molecule has 1 aromatic carbocycles. The van der Waals surface area contributed by atoms with E-state index in [0.29, 0.717) is 0 Å². The number of carboxylic acids is 1. The van der Waals surface area contributed by atoms with Gasteiger partial charge in [0.15, 0.2) is 0 Å². The molecule has 0 atom stereocenters. The number of quaternary nitrogens is 1. The maximum absolute atomic E-state index is 10.6. The van der Waals surface area contributed by atoms with Crippen LogP contribution in [0.25, 0.3) is 0 Å². The number of hydrogen-bond acceptors (Lipinski definition) is 5. The van der Waals surface area contributed by atoms with Gasteiger partial charge in [0.2, 0.25) is 5.91 Å². The molecule has 8 heteroatoms. The molecule has 1 aliphatic rings. The maximum atomic E-state index is 10.6. The van der Waals surface area contributed by atoms with E-state index < -0.39 is 10.9 Å². The summed E-state index contributed by atoms with van der Waals surface area (Å²) in [6.07, 6.45) is 1.94. The summed E-state index contributed by atoms with van der Waals surface area (Å²) in [5.74, 6) is -1.30. The fourth-order valence-corrected chi connectivity index (χ4v) is 1.93. The van der Waals surface area contributed by atoms with Crippen molar-refractivity contribution in [3.05, 3.63) is 39.9 Å². The molecule has 1 aliphatic heterocycles. The zero-order valence-corrected chi connectivity index (χ0v) is 11.4. The Morgan fingerprint density at radius 1 is 1.19 bits per heavy atom.